The van der Waals surface area contributed by atoms with E-state index in [2.05, 4.69) is 10.6 Å². The zero-order valence-electron chi connectivity index (χ0n) is 21.1. The van der Waals surface area contributed by atoms with Crippen molar-refractivity contribution >= 4 is 12.2 Å². The van der Waals surface area contributed by atoms with Gasteiger partial charge in [0.15, 0.2) is 0 Å². The van der Waals surface area contributed by atoms with E-state index in [9.17, 15) is 9.59 Å². The lowest BCUT2D eigenvalue weighted by atomic mass is 10.0. The van der Waals surface area contributed by atoms with Crippen LogP contribution in [0.4, 0.5) is 9.59 Å². The molecule has 0 spiro atoms. The van der Waals surface area contributed by atoms with Crippen LogP contribution in [0.1, 0.15) is 38.3 Å². The third-order valence-corrected chi connectivity index (χ3v) is 5.05. The molecule has 0 atom stereocenters. The molecule has 0 saturated heterocycles. The van der Waals surface area contributed by atoms with Gasteiger partial charge < -0.3 is 24.8 Å². The van der Waals surface area contributed by atoms with E-state index in [1.807, 2.05) is 99.6 Å². The maximum absolute atomic E-state index is 12.2. The van der Waals surface area contributed by atoms with Crippen molar-refractivity contribution in [1.82, 2.24) is 10.6 Å². The van der Waals surface area contributed by atoms with Gasteiger partial charge >= 0.3 is 12.2 Å². The van der Waals surface area contributed by atoms with Crippen molar-refractivity contribution in [2.75, 3.05) is 13.2 Å². The lowest BCUT2D eigenvalue weighted by Crippen LogP contribution is -2.32. The SMILES string of the molecule is CC(C)(C)OC(=O)NCc1cccc(-c2ccccc2)c1OCCCNC(=O)OCc1ccccc1. The zero-order chi connectivity index (χ0) is 25.8. The van der Waals surface area contributed by atoms with Crippen molar-refractivity contribution < 1.29 is 23.8 Å². The second kappa shape index (κ2) is 13.2. The summed E-state index contributed by atoms with van der Waals surface area (Å²) in [6.07, 6.45) is -0.370. The first-order valence-corrected chi connectivity index (χ1v) is 12.0. The van der Waals surface area contributed by atoms with E-state index >= 15 is 0 Å². The highest BCUT2D eigenvalue weighted by atomic mass is 16.6. The number of para-hydroxylation sites is 1. The van der Waals surface area contributed by atoms with Crippen molar-refractivity contribution in [2.24, 2.45) is 0 Å². The molecule has 0 aromatic heterocycles. The molecule has 0 saturated carbocycles. The fraction of sp³-hybridized carbons (Fsp3) is 0.310. The summed E-state index contributed by atoms with van der Waals surface area (Å²) in [6, 6.07) is 25.3. The fourth-order valence-electron chi connectivity index (χ4n) is 3.43. The fourth-order valence-corrected chi connectivity index (χ4v) is 3.43. The van der Waals surface area contributed by atoms with Crippen molar-refractivity contribution in [3.8, 4) is 16.9 Å². The van der Waals surface area contributed by atoms with Crippen molar-refractivity contribution in [1.29, 1.82) is 0 Å². The van der Waals surface area contributed by atoms with Crippen LogP contribution in [0, 0.1) is 0 Å². The first kappa shape index (κ1) is 26.6. The largest absolute Gasteiger partial charge is 0.493 e. The number of ether oxygens (including phenoxy) is 3. The standard InChI is InChI=1S/C29H34N2O5/c1-29(2,3)36-28(33)31-20-24-16-10-17-25(23-14-8-5-9-15-23)26(24)34-19-11-18-30-27(32)35-21-22-12-6-4-7-13-22/h4-10,12-17H,11,18-21H2,1-3H3,(H,30,32)(H,31,33). The molecule has 0 fully saturated rings. The molecule has 0 aliphatic heterocycles. The minimum Gasteiger partial charge on any atom is -0.493 e. The van der Waals surface area contributed by atoms with Crippen LogP contribution in [0.3, 0.4) is 0 Å². The molecule has 0 aliphatic rings. The molecular weight excluding hydrogens is 456 g/mol. The summed E-state index contributed by atoms with van der Waals surface area (Å²) in [4.78, 5) is 24.1. The summed E-state index contributed by atoms with van der Waals surface area (Å²) in [5.41, 5.74) is 3.12. The molecular formula is C29H34N2O5. The molecule has 7 nitrogen and oxygen atoms in total. The van der Waals surface area contributed by atoms with Gasteiger partial charge in [0.05, 0.1) is 6.61 Å². The van der Waals surface area contributed by atoms with Crippen LogP contribution < -0.4 is 15.4 Å². The van der Waals surface area contributed by atoms with Crippen molar-refractivity contribution in [2.45, 2.75) is 45.9 Å². The summed E-state index contributed by atoms with van der Waals surface area (Å²) < 4.78 is 16.8. The van der Waals surface area contributed by atoms with Crippen LogP contribution in [0.15, 0.2) is 78.9 Å². The Hall–Kier alpha value is -4.00. The van der Waals surface area contributed by atoms with Gasteiger partial charge in [0.2, 0.25) is 0 Å². The normalized spacial score (nSPS) is 10.9. The molecule has 7 heteroatoms. The van der Waals surface area contributed by atoms with E-state index in [-0.39, 0.29) is 13.2 Å². The van der Waals surface area contributed by atoms with Gasteiger partial charge in [-0.2, -0.15) is 0 Å². The average molecular weight is 491 g/mol. The third-order valence-electron chi connectivity index (χ3n) is 5.05. The summed E-state index contributed by atoms with van der Waals surface area (Å²) in [5, 5.41) is 5.55. The molecule has 190 valence electrons. The molecule has 0 heterocycles. The second-order valence-corrected chi connectivity index (χ2v) is 9.21. The first-order chi connectivity index (χ1) is 17.3. The van der Waals surface area contributed by atoms with Gasteiger partial charge in [-0.1, -0.05) is 78.9 Å². The molecule has 0 radical (unpaired) electrons. The van der Waals surface area contributed by atoms with Crippen LogP contribution >= 0.6 is 0 Å². The number of benzene rings is 3. The highest BCUT2D eigenvalue weighted by molar-refractivity contribution is 5.73. The maximum Gasteiger partial charge on any atom is 0.407 e. The van der Waals surface area contributed by atoms with E-state index < -0.39 is 17.8 Å². The molecule has 0 aliphatic carbocycles. The number of hydrogen-bond donors (Lipinski definition) is 2. The first-order valence-electron chi connectivity index (χ1n) is 12.0. The van der Waals surface area contributed by atoms with E-state index in [1.165, 1.54) is 0 Å². The second-order valence-electron chi connectivity index (χ2n) is 9.21. The molecule has 3 aromatic carbocycles. The predicted octanol–water partition coefficient (Wildman–Crippen LogP) is 6.07. The number of carbonyl (C=O) groups is 2. The average Bonchev–Trinajstić information content (AvgIpc) is 2.86. The Kier molecular flexibility index (Phi) is 9.74. The van der Waals surface area contributed by atoms with Crippen molar-refractivity contribution in [3.63, 3.8) is 0 Å². The number of amides is 2. The summed E-state index contributed by atoms with van der Waals surface area (Å²) in [7, 11) is 0. The molecule has 2 amide bonds. The predicted molar refractivity (Wildman–Crippen MR) is 140 cm³/mol. The Morgan fingerprint density at radius 2 is 1.50 bits per heavy atom. The van der Waals surface area contributed by atoms with Crippen molar-refractivity contribution in [3.05, 3.63) is 90.0 Å². The van der Waals surface area contributed by atoms with Gasteiger partial charge in [-0.25, -0.2) is 9.59 Å². The Labute approximate surface area is 212 Å². The maximum atomic E-state index is 12.2. The molecule has 0 unspecified atom stereocenters. The minimum atomic E-state index is -0.579. The Morgan fingerprint density at radius 1 is 0.806 bits per heavy atom. The molecule has 3 aromatic rings. The molecule has 3 rings (SSSR count). The third kappa shape index (κ3) is 8.98. The van der Waals surface area contributed by atoms with Gasteiger partial charge in [-0.3, -0.25) is 0 Å². The monoisotopic (exact) mass is 490 g/mol. The number of carbonyl (C=O) groups excluding carboxylic acids is 2. The molecule has 2 N–H and O–H groups in total. The zero-order valence-corrected chi connectivity index (χ0v) is 21.1. The van der Waals surface area contributed by atoms with E-state index in [1.54, 1.807) is 0 Å². The van der Waals surface area contributed by atoms with Crippen LogP contribution in [-0.2, 0) is 22.6 Å². The number of hydrogen-bond acceptors (Lipinski definition) is 5. The van der Waals surface area contributed by atoms with E-state index in [4.69, 9.17) is 14.2 Å². The van der Waals surface area contributed by atoms with Crippen LogP contribution in [-0.4, -0.2) is 30.9 Å². The van der Waals surface area contributed by atoms with Crippen LogP contribution in [0.25, 0.3) is 11.1 Å². The van der Waals surface area contributed by atoms with Gasteiger partial charge in [0.25, 0.3) is 0 Å². The lowest BCUT2D eigenvalue weighted by Gasteiger charge is -2.21. The lowest BCUT2D eigenvalue weighted by molar-refractivity contribution is 0.0523. The number of rotatable bonds is 10. The highest BCUT2D eigenvalue weighted by Crippen LogP contribution is 2.33. The molecule has 0 bridgehead atoms. The summed E-state index contributed by atoms with van der Waals surface area (Å²) in [6.45, 7) is 6.74. The summed E-state index contributed by atoms with van der Waals surface area (Å²) >= 11 is 0. The van der Waals surface area contributed by atoms with Crippen LogP contribution in [0.5, 0.6) is 5.75 Å². The van der Waals surface area contributed by atoms with Gasteiger partial charge in [-0.15, -0.1) is 0 Å². The Morgan fingerprint density at radius 3 is 2.19 bits per heavy atom. The smallest absolute Gasteiger partial charge is 0.407 e. The van der Waals surface area contributed by atoms with Gasteiger partial charge in [-0.05, 0) is 38.3 Å². The summed E-state index contributed by atoms with van der Waals surface area (Å²) in [5.74, 6) is 0.686. The Balaban J connectivity index is 1.57. The van der Waals surface area contributed by atoms with Gasteiger partial charge in [0, 0.05) is 24.2 Å². The Bertz CT molecular complexity index is 1110. The quantitative estimate of drug-likeness (QED) is 0.337. The van der Waals surface area contributed by atoms with Crippen LogP contribution in [0.2, 0.25) is 0 Å². The topological polar surface area (TPSA) is 85.9 Å². The van der Waals surface area contributed by atoms with Gasteiger partial charge in [0.1, 0.15) is 18.0 Å². The minimum absolute atomic E-state index is 0.224. The highest BCUT2D eigenvalue weighted by Gasteiger charge is 2.17. The number of alkyl carbamates (subject to hydrolysis) is 2. The molecule has 36 heavy (non-hydrogen) atoms. The van der Waals surface area contributed by atoms with E-state index in [0.717, 1.165) is 22.3 Å². The number of nitrogens with one attached hydrogen (secondary N) is 2. The van der Waals surface area contributed by atoms with E-state index in [0.29, 0.717) is 25.3 Å².